The highest BCUT2D eigenvalue weighted by Crippen LogP contribution is 2.55. The fourth-order valence-electron chi connectivity index (χ4n) is 8.37. The Labute approximate surface area is 302 Å². The van der Waals surface area contributed by atoms with E-state index in [9.17, 15) is 9.59 Å². The van der Waals surface area contributed by atoms with Crippen LogP contribution in [0.5, 0.6) is 5.75 Å². The van der Waals surface area contributed by atoms with Gasteiger partial charge in [0.05, 0.1) is 35.6 Å². The second-order valence-corrected chi connectivity index (χ2v) is 15.9. The number of esters is 1. The summed E-state index contributed by atoms with van der Waals surface area (Å²) in [6, 6.07) is 17.5. The molecule has 1 unspecified atom stereocenters. The first kappa shape index (κ1) is 34.3. The summed E-state index contributed by atoms with van der Waals surface area (Å²) < 4.78 is 20.0. The quantitative estimate of drug-likeness (QED) is 0.173. The smallest absolute Gasteiger partial charge is 0.407 e. The van der Waals surface area contributed by atoms with Gasteiger partial charge in [-0.3, -0.25) is 0 Å². The second-order valence-electron chi connectivity index (χ2n) is 15.0. The van der Waals surface area contributed by atoms with Gasteiger partial charge in [0, 0.05) is 35.5 Å². The van der Waals surface area contributed by atoms with Crippen molar-refractivity contribution in [3.8, 4) is 5.75 Å². The average molecular weight is 745 g/mol. The number of hydrogen-bond acceptors (Lipinski definition) is 8. The molecule has 1 amide bonds. The lowest BCUT2D eigenvalue weighted by Crippen LogP contribution is -2.40. The number of benzene rings is 2. The van der Waals surface area contributed by atoms with Gasteiger partial charge in [-0.2, -0.15) is 9.61 Å². The number of fused-ring (bicyclic) bond motifs is 3. The van der Waals surface area contributed by atoms with Crippen LogP contribution in [-0.4, -0.2) is 58.1 Å². The van der Waals surface area contributed by atoms with Crippen LogP contribution in [0.15, 0.2) is 65.3 Å². The average Bonchev–Trinajstić information content (AvgIpc) is 3.90. The number of anilines is 1. The van der Waals surface area contributed by atoms with Gasteiger partial charge in [-0.05, 0) is 105 Å². The molecule has 10 nitrogen and oxygen atoms in total. The van der Waals surface area contributed by atoms with Gasteiger partial charge in [0.25, 0.3) is 0 Å². The first-order chi connectivity index (χ1) is 24.0. The molecule has 2 aromatic carbocycles. The van der Waals surface area contributed by atoms with E-state index >= 15 is 0 Å². The van der Waals surface area contributed by atoms with Crippen LogP contribution in [0.3, 0.4) is 0 Å². The summed E-state index contributed by atoms with van der Waals surface area (Å²) in [4.78, 5) is 33.8. The van der Waals surface area contributed by atoms with E-state index in [0.29, 0.717) is 18.7 Å². The first-order valence-corrected chi connectivity index (χ1v) is 18.5. The van der Waals surface area contributed by atoms with E-state index in [2.05, 4.69) is 38.3 Å². The summed E-state index contributed by atoms with van der Waals surface area (Å²) in [6.07, 6.45) is 8.90. The number of nitrogens with one attached hydrogen (secondary N) is 1. The van der Waals surface area contributed by atoms with E-state index in [1.807, 2.05) is 61.8 Å². The summed E-state index contributed by atoms with van der Waals surface area (Å²) in [5.74, 6) is 1.63. The van der Waals surface area contributed by atoms with Crippen LogP contribution in [0.25, 0.3) is 5.65 Å². The molecule has 4 aromatic rings. The number of carbonyl (C=O) groups excluding carboxylic acids is 2. The molecule has 3 atom stereocenters. The lowest BCUT2D eigenvalue weighted by molar-refractivity contribution is 0.0377. The van der Waals surface area contributed by atoms with Crippen LogP contribution in [0.2, 0.25) is 0 Å². The number of rotatable bonds is 9. The lowest BCUT2D eigenvalue weighted by atomic mass is 9.75. The first-order valence-electron chi connectivity index (χ1n) is 17.7. The summed E-state index contributed by atoms with van der Waals surface area (Å²) in [5.41, 5.74) is 4.02. The van der Waals surface area contributed by atoms with E-state index in [4.69, 9.17) is 24.3 Å². The van der Waals surface area contributed by atoms with E-state index in [0.717, 1.165) is 84.3 Å². The zero-order valence-corrected chi connectivity index (χ0v) is 30.9. The number of aromatic nitrogens is 3. The zero-order chi connectivity index (χ0) is 35.0. The van der Waals surface area contributed by atoms with Crippen molar-refractivity contribution in [2.45, 2.75) is 102 Å². The fraction of sp³-hybridized carbons (Fsp3) is 0.487. The number of methoxy groups -OCH3 is 1. The minimum atomic E-state index is -0.568. The second kappa shape index (κ2) is 13.9. The highest BCUT2D eigenvalue weighted by atomic mass is 79.9. The van der Waals surface area contributed by atoms with Crippen molar-refractivity contribution in [2.75, 3.05) is 18.6 Å². The van der Waals surface area contributed by atoms with Crippen molar-refractivity contribution in [1.82, 2.24) is 19.9 Å². The molecule has 3 aliphatic rings. The third kappa shape index (κ3) is 6.81. The van der Waals surface area contributed by atoms with Gasteiger partial charge in [0.2, 0.25) is 0 Å². The van der Waals surface area contributed by atoms with Crippen LogP contribution in [0, 0.1) is 5.92 Å². The summed E-state index contributed by atoms with van der Waals surface area (Å²) in [5, 5.41) is 8.03. The Kier molecular flexibility index (Phi) is 9.54. The Balaban J connectivity index is 1.27. The highest BCUT2D eigenvalue weighted by Gasteiger charge is 2.52. The Morgan fingerprint density at radius 2 is 1.80 bits per heavy atom. The Hall–Kier alpha value is -4.12. The molecule has 2 aromatic heterocycles. The molecule has 0 bridgehead atoms. The van der Waals surface area contributed by atoms with Crippen molar-refractivity contribution in [2.24, 2.45) is 5.92 Å². The monoisotopic (exact) mass is 743 g/mol. The van der Waals surface area contributed by atoms with Crippen molar-refractivity contribution in [3.05, 3.63) is 87.7 Å². The van der Waals surface area contributed by atoms with Gasteiger partial charge in [-0.15, -0.1) is 0 Å². The summed E-state index contributed by atoms with van der Waals surface area (Å²) >= 11 is 3.76. The van der Waals surface area contributed by atoms with Gasteiger partial charge in [-0.25, -0.2) is 14.6 Å². The van der Waals surface area contributed by atoms with E-state index in [-0.39, 0.29) is 35.5 Å². The van der Waals surface area contributed by atoms with E-state index in [1.54, 1.807) is 19.2 Å². The third-order valence-electron chi connectivity index (χ3n) is 10.6. The van der Waals surface area contributed by atoms with Gasteiger partial charge in [0.15, 0.2) is 5.65 Å². The molecular formula is C39H46BrN5O5. The molecule has 2 saturated carbocycles. The lowest BCUT2D eigenvalue weighted by Gasteiger charge is -2.34. The summed E-state index contributed by atoms with van der Waals surface area (Å²) in [6.45, 7) is 6.61. The normalized spacial score (nSPS) is 20.9. The molecule has 1 spiro atoms. The third-order valence-corrected chi connectivity index (χ3v) is 11.2. The maximum Gasteiger partial charge on any atom is 0.407 e. The predicted molar refractivity (Wildman–Crippen MR) is 195 cm³/mol. The predicted octanol–water partition coefficient (Wildman–Crippen LogP) is 7.79. The Bertz CT molecular complexity index is 1850. The molecule has 11 heteroatoms. The minimum Gasteiger partial charge on any atom is -0.497 e. The zero-order valence-electron chi connectivity index (χ0n) is 29.3. The summed E-state index contributed by atoms with van der Waals surface area (Å²) in [7, 11) is 1.68. The number of amides is 1. The molecule has 0 radical (unpaired) electrons. The molecule has 0 aliphatic heterocycles. The van der Waals surface area contributed by atoms with Crippen molar-refractivity contribution in [3.63, 3.8) is 0 Å². The Morgan fingerprint density at radius 3 is 2.50 bits per heavy atom. The molecule has 0 saturated heterocycles. The number of hydrogen-bond donors (Lipinski definition) is 1. The van der Waals surface area contributed by atoms with E-state index < -0.39 is 5.60 Å². The molecule has 2 heterocycles. The van der Waals surface area contributed by atoms with Crippen LogP contribution < -0.4 is 15.0 Å². The van der Waals surface area contributed by atoms with Crippen molar-refractivity contribution in [1.29, 1.82) is 0 Å². The SMILES string of the molecule is COc1ccc(CN(c2c3c(nc4c(Br)cnn24)C2(CCCC2)C(COC(=O)c2ccccc2)C3)[C@H]2CC[C@H](NC(=O)OC(C)(C)C)C2)cc1. The maximum absolute atomic E-state index is 13.1. The minimum absolute atomic E-state index is 0.0192. The van der Waals surface area contributed by atoms with E-state index in [1.165, 1.54) is 5.56 Å². The van der Waals surface area contributed by atoms with Crippen LogP contribution in [-0.2, 0) is 27.9 Å². The van der Waals surface area contributed by atoms with Gasteiger partial charge in [0.1, 0.15) is 17.2 Å². The topological polar surface area (TPSA) is 107 Å². The number of ether oxygens (including phenoxy) is 3. The number of carbonyl (C=O) groups is 2. The largest absolute Gasteiger partial charge is 0.497 e. The highest BCUT2D eigenvalue weighted by molar-refractivity contribution is 9.10. The number of alkyl carbamates (subject to hydrolysis) is 1. The van der Waals surface area contributed by atoms with Gasteiger partial charge in [-0.1, -0.05) is 43.2 Å². The molecule has 50 heavy (non-hydrogen) atoms. The molecule has 1 N–H and O–H groups in total. The maximum atomic E-state index is 13.1. The molecule has 264 valence electrons. The Morgan fingerprint density at radius 1 is 1.06 bits per heavy atom. The van der Waals surface area contributed by atoms with Crippen LogP contribution >= 0.6 is 15.9 Å². The number of halogens is 1. The standard InChI is InChI=1S/C39H46BrN5O5/c1-38(2,3)50-37(47)42-28-14-15-29(21-28)44(23-25-12-16-30(48-4)17-13-25)35-31-20-27(24-49-36(46)26-10-6-5-7-11-26)39(18-8-9-19-39)33(31)43-34-32(40)22-41-45(34)35/h5-7,10-13,16-17,22,27-29H,8-9,14-15,18-21,23-24H2,1-4H3,(H,42,47)/t27?,28-,29-/m0/s1. The van der Waals surface area contributed by atoms with Crippen molar-refractivity contribution < 1.29 is 23.8 Å². The molecule has 7 rings (SSSR count). The molecular weight excluding hydrogens is 698 g/mol. The van der Waals surface area contributed by atoms with Gasteiger partial charge < -0.3 is 24.4 Å². The fourth-order valence-corrected chi connectivity index (χ4v) is 8.72. The van der Waals surface area contributed by atoms with Crippen LogP contribution in [0.4, 0.5) is 10.6 Å². The van der Waals surface area contributed by atoms with Crippen LogP contribution in [0.1, 0.15) is 92.9 Å². The van der Waals surface area contributed by atoms with Gasteiger partial charge >= 0.3 is 12.1 Å². The number of nitrogens with zero attached hydrogens (tertiary/aromatic N) is 4. The van der Waals surface area contributed by atoms with Crippen molar-refractivity contribution >= 4 is 39.5 Å². The molecule has 3 aliphatic carbocycles. The molecule has 2 fully saturated rings.